The SMILES string of the molecule is CCCN1c2cc(Cl)c(/C=N\NC(=O)COc3cccc4cccnc34)cc2C(C)CC1(C)C. The van der Waals surface area contributed by atoms with Crippen LogP contribution in [0, 0.1) is 0 Å². The average molecular weight is 479 g/mol. The van der Waals surface area contributed by atoms with Gasteiger partial charge >= 0.3 is 0 Å². The van der Waals surface area contributed by atoms with E-state index in [2.05, 4.69) is 54.2 Å². The summed E-state index contributed by atoms with van der Waals surface area (Å²) in [5, 5.41) is 5.68. The number of para-hydroxylation sites is 1. The minimum atomic E-state index is -0.359. The first-order valence-corrected chi connectivity index (χ1v) is 12.1. The molecule has 0 spiro atoms. The van der Waals surface area contributed by atoms with Crippen molar-refractivity contribution >= 4 is 40.3 Å². The molecule has 1 aromatic heterocycles. The lowest BCUT2D eigenvalue weighted by Gasteiger charge is -2.47. The summed E-state index contributed by atoms with van der Waals surface area (Å²) in [5.74, 6) is 0.603. The predicted octanol–water partition coefficient (Wildman–Crippen LogP) is 5.92. The van der Waals surface area contributed by atoms with Crippen molar-refractivity contribution in [2.24, 2.45) is 5.10 Å². The number of aromatic nitrogens is 1. The monoisotopic (exact) mass is 478 g/mol. The van der Waals surface area contributed by atoms with Crippen molar-refractivity contribution in [2.75, 3.05) is 18.1 Å². The Bertz CT molecular complexity index is 1220. The third kappa shape index (κ3) is 5.02. The van der Waals surface area contributed by atoms with Crippen molar-refractivity contribution in [1.29, 1.82) is 0 Å². The normalized spacial score (nSPS) is 17.1. The largest absolute Gasteiger partial charge is 0.481 e. The van der Waals surface area contributed by atoms with E-state index in [0.717, 1.165) is 35.9 Å². The van der Waals surface area contributed by atoms with Crippen LogP contribution in [0.4, 0.5) is 5.69 Å². The molecule has 1 atom stereocenters. The number of fused-ring (bicyclic) bond motifs is 2. The second-order valence-corrected chi connectivity index (χ2v) is 9.82. The summed E-state index contributed by atoms with van der Waals surface area (Å²) >= 11 is 6.62. The zero-order valence-electron chi connectivity index (χ0n) is 20.1. The molecule has 1 unspecified atom stereocenters. The first-order valence-electron chi connectivity index (χ1n) is 11.7. The lowest BCUT2D eigenvalue weighted by Crippen LogP contribution is -2.48. The van der Waals surface area contributed by atoms with Crippen molar-refractivity contribution in [3.63, 3.8) is 0 Å². The van der Waals surface area contributed by atoms with E-state index >= 15 is 0 Å². The molecule has 0 radical (unpaired) electrons. The van der Waals surface area contributed by atoms with Gasteiger partial charge in [0.25, 0.3) is 5.91 Å². The second kappa shape index (κ2) is 10.0. The summed E-state index contributed by atoms with van der Waals surface area (Å²) < 4.78 is 5.67. The molecule has 2 aromatic carbocycles. The number of halogens is 1. The fourth-order valence-electron chi connectivity index (χ4n) is 4.81. The van der Waals surface area contributed by atoms with Crippen molar-refractivity contribution in [1.82, 2.24) is 10.4 Å². The molecule has 0 aliphatic carbocycles. The molecule has 1 aliphatic rings. The highest BCUT2D eigenvalue weighted by molar-refractivity contribution is 6.33. The summed E-state index contributed by atoms with van der Waals surface area (Å²) in [6.45, 7) is 9.84. The van der Waals surface area contributed by atoms with Crippen LogP contribution in [0.5, 0.6) is 5.75 Å². The van der Waals surface area contributed by atoms with Gasteiger partial charge in [0, 0.05) is 34.9 Å². The van der Waals surface area contributed by atoms with Crippen LogP contribution in [-0.2, 0) is 4.79 Å². The molecule has 0 saturated carbocycles. The van der Waals surface area contributed by atoms with Crippen molar-refractivity contribution in [2.45, 2.75) is 52.0 Å². The highest BCUT2D eigenvalue weighted by atomic mass is 35.5. The van der Waals surface area contributed by atoms with Crippen LogP contribution in [0.15, 0.2) is 53.8 Å². The molecule has 2 heterocycles. The number of nitrogens with zero attached hydrogens (tertiary/aromatic N) is 3. The maximum absolute atomic E-state index is 12.3. The van der Waals surface area contributed by atoms with Gasteiger partial charge in [-0.25, -0.2) is 5.43 Å². The number of anilines is 1. The van der Waals surface area contributed by atoms with E-state index in [0.29, 0.717) is 16.7 Å². The van der Waals surface area contributed by atoms with Crippen molar-refractivity contribution in [3.8, 4) is 5.75 Å². The summed E-state index contributed by atoms with van der Waals surface area (Å²) in [6.07, 6.45) is 5.43. The van der Waals surface area contributed by atoms with Crippen LogP contribution in [0.2, 0.25) is 5.02 Å². The highest BCUT2D eigenvalue weighted by Crippen LogP contribution is 2.45. The maximum Gasteiger partial charge on any atom is 0.277 e. The summed E-state index contributed by atoms with van der Waals surface area (Å²) in [6, 6.07) is 13.6. The minimum absolute atomic E-state index is 0.0783. The smallest absolute Gasteiger partial charge is 0.277 e. The first kappa shape index (κ1) is 24.0. The maximum atomic E-state index is 12.3. The van der Waals surface area contributed by atoms with E-state index < -0.39 is 0 Å². The molecule has 0 saturated heterocycles. The minimum Gasteiger partial charge on any atom is -0.481 e. The van der Waals surface area contributed by atoms with E-state index in [1.54, 1.807) is 18.5 Å². The van der Waals surface area contributed by atoms with E-state index in [1.165, 1.54) is 11.3 Å². The number of hydrazone groups is 1. The lowest BCUT2D eigenvalue weighted by molar-refractivity contribution is -0.123. The van der Waals surface area contributed by atoms with Crippen LogP contribution in [0.25, 0.3) is 10.9 Å². The summed E-state index contributed by atoms with van der Waals surface area (Å²) in [4.78, 5) is 19.1. The van der Waals surface area contributed by atoms with E-state index in [9.17, 15) is 4.79 Å². The number of carbonyl (C=O) groups excluding carboxylic acids is 1. The first-order chi connectivity index (χ1) is 16.3. The summed E-state index contributed by atoms with van der Waals surface area (Å²) in [5.41, 5.74) is 6.55. The number of hydrogen-bond acceptors (Lipinski definition) is 5. The molecule has 34 heavy (non-hydrogen) atoms. The number of benzene rings is 2. The molecule has 178 valence electrons. The van der Waals surface area contributed by atoms with Gasteiger partial charge in [0.05, 0.1) is 11.2 Å². The fraction of sp³-hybridized carbons (Fsp3) is 0.370. The second-order valence-electron chi connectivity index (χ2n) is 9.41. The van der Waals surface area contributed by atoms with Gasteiger partial charge in [-0.05, 0) is 62.4 Å². The van der Waals surface area contributed by atoms with Gasteiger partial charge in [0.2, 0.25) is 0 Å². The van der Waals surface area contributed by atoms with Gasteiger partial charge in [-0.3, -0.25) is 9.78 Å². The molecule has 1 N–H and O–H groups in total. The Labute approximate surface area is 206 Å². The molecule has 0 bridgehead atoms. The molecule has 3 aromatic rings. The Hall–Kier alpha value is -3.12. The van der Waals surface area contributed by atoms with E-state index in [1.807, 2.05) is 30.3 Å². The van der Waals surface area contributed by atoms with Gasteiger partial charge in [0.15, 0.2) is 6.61 Å². The number of nitrogens with one attached hydrogen (secondary N) is 1. The zero-order chi connectivity index (χ0) is 24.3. The third-order valence-electron chi connectivity index (χ3n) is 6.30. The van der Waals surface area contributed by atoms with Crippen molar-refractivity contribution in [3.05, 3.63) is 64.8 Å². The molecule has 6 nitrogen and oxygen atoms in total. The Kier molecular flexibility index (Phi) is 7.08. The van der Waals surface area contributed by atoms with Crippen LogP contribution in [0.1, 0.15) is 57.6 Å². The topological polar surface area (TPSA) is 66.8 Å². The van der Waals surface area contributed by atoms with Gasteiger partial charge in [-0.2, -0.15) is 5.10 Å². The molecule has 1 amide bonds. The van der Waals surface area contributed by atoms with Crippen LogP contribution in [-0.4, -0.2) is 35.8 Å². The fourth-order valence-corrected chi connectivity index (χ4v) is 5.02. The van der Waals surface area contributed by atoms with Crippen LogP contribution in [0.3, 0.4) is 0 Å². The Morgan fingerprint density at radius 2 is 2.12 bits per heavy atom. The molecule has 0 fully saturated rings. The molecular weight excluding hydrogens is 448 g/mol. The Balaban J connectivity index is 1.44. The number of pyridine rings is 1. The number of rotatable bonds is 7. The lowest BCUT2D eigenvalue weighted by atomic mass is 9.79. The van der Waals surface area contributed by atoms with Crippen LogP contribution >= 0.6 is 11.6 Å². The zero-order valence-corrected chi connectivity index (χ0v) is 20.9. The van der Waals surface area contributed by atoms with Crippen LogP contribution < -0.4 is 15.1 Å². The number of amides is 1. The van der Waals surface area contributed by atoms with E-state index in [4.69, 9.17) is 16.3 Å². The van der Waals surface area contributed by atoms with E-state index in [-0.39, 0.29) is 18.1 Å². The molecule has 7 heteroatoms. The quantitative estimate of drug-likeness (QED) is 0.338. The number of carbonyl (C=O) groups is 1. The van der Waals surface area contributed by atoms with Gasteiger partial charge < -0.3 is 9.64 Å². The number of hydrogen-bond donors (Lipinski definition) is 1. The average Bonchev–Trinajstić information content (AvgIpc) is 2.80. The van der Waals surface area contributed by atoms with Gasteiger partial charge in [0.1, 0.15) is 11.3 Å². The molecule has 4 rings (SSSR count). The third-order valence-corrected chi connectivity index (χ3v) is 6.63. The highest BCUT2D eigenvalue weighted by Gasteiger charge is 2.36. The van der Waals surface area contributed by atoms with Gasteiger partial charge in [-0.15, -0.1) is 0 Å². The Morgan fingerprint density at radius 1 is 1.32 bits per heavy atom. The standard InChI is InChI=1S/C27H31ClN4O2/c1-5-12-32-23-14-22(28)20(13-21(23)18(2)15-27(32,3)4)16-30-31-25(33)17-34-24-10-6-8-19-9-7-11-29-26(19)24/h6-11,13-14,16,18H,5,12,15,17H2,1-4H3,(H,31,33)/b30-16-. The van der Waals surface area contributed by atoms with Gasteiger partial charge in [-0.1, -0.05) is 43.6 Å². The molecule has 1 aliphatic heterocycles. The Morgan fingerprint density at radius 3 is 2.91 bits per heavy atom. The summed E-state index contributed by atoms with van der Waals surface area (Å²) in [7, 11) is 0. The number of ether oxygens (including phenoxy) is 1. The molecular formula is C27H31ClN4O2. The van der Waals surface area contributed by atoms with Crippen molar-refractivity contribution < 1.29 is 9.53 Å². The predicted molar refractivity (Wildman–Crippen MR) is 139 cm³/mol.